The molecule has 0 saturated heterocycles. The van der Waals surface area contributed by atoms with Crippen molar-refractivity contribution in [2.45, 2.75) is 6.92 Å². The molecular weight excluding hydrogens is 84.1 g/mol. The van der Waals surface area contributed by atoms with Gasteiger partial charge in [0, 0.05) is 12.0 Å². The molecule has 5 heavy (non-hydrogen) atoms. The fraction of sp³-hybridized carbons (Fsp3) is 0.333. The molecule has 0 radical (unpaired) electrons. The van der Waals surface area contributed by atoms with Gasteiger partial charge in [0.05, 0.1) is 0 Å². The molecule has 0 rings (SSSR count). The first-order valence-corrected chi connectivity index (χ1v) is 2.17. The molecule has 1 nitrogen and oxygen atoms in total. The van der Waals surface area contributed by atoms with Gasteiger partial charge in [0.15, 0.2) is 0 Å². The van der Waals surface area contributed by atoms with Crippen LogP contribution in [0, 0.1) is 0 Å². The molecule has 0 unspecified atom stereocenters. The van der Waals surface area contributed by atoms with Crippen LogP contribution in [0.5, 0.6) is 0 Å². The predicted octanol–water partition coefficient (Wildman–Crippen LogP) is 1.73. The minimum absolute atomic E-state index is 0.721. The van der Waals surface area contributed by atoms with Gasteiger partial charge in [-0.1, -0.05) is 6.08 Å². The second kappa shape index (κ2) is 4.05. The van der Waals surface area contributed by atoms with Crippen LogP contribution in [0.25, 0.3) is 0 Å². The first-order valence-electron chi connectivity index (χ1n) is 1.33. The molecule has 0 aliphatic heterocycles. The average molecular weight is 90.1 g/mol. The molecule has 0 spiro atoms. The van der Waals surface area contributed by atoms with Crippen molar-refractivity contribution >= 4 is 12.0 Å². The lowest BCUT2D eigenvalue weighted by atomic mass is 10.8. The first-order chi connectivity index (χ1) is 2.41. The second-order valence-corrected chi connectivity index (χ2v) is 1.06. The molecule has 0 aliphatic carbocycles. The Morgan fingerprint density at radius 1 is 1.80 bits per heavy atom. The van der Waals surface area contributed by atoms with Crippen molar-refractivity contribution in [3.05, 3.63) is 11.5 Å². The molecule has 0 aliphatic rings. The standard InChI is InChI=1S/C3H6OS/c1-2-3-5-4/h2-4H,1H3. The van der Waals surface area contributed by atoms with E-state index in [4.69, 9.17) is 4.55 Å². The van der Waals surface area contributed by atoms with E-state index in [2.05, 4.69) is 0 Å². The summed E-state index contributed by atoms with van der Waals surface area (Å²) < 4.78 is 7.90. The molecule has 0 amide bonds. The number of rotatable bonds is 1. The number of hydrogen-bond acceptors (Lipinski definition) is 2. The third kappa shape index (κ3) is 4.05. The van der Waals surface area contributed by atoms with Gasteiger partial charge >= 0.3 is 0 Å². The number of hydrogen-bond donors (Lipinski definition) is 1. The minimum atomic E-state index is 0.721. The molecule has 0 atom stereocenters. The van der Waals surface area contributed by atoms with Crippen molar-refractivity contribution in [3.8, 4) is 0 Å². The maximum Gasteiger partial charge on any atom is 0.0159 e. The zero-order valence-corrected chi connectivity index (χ0v) is 3.83. The van der Waals surface area contributed by atoms with Gasteiger partial charge < -0.3 is 4.55 Å². The highest BCUT2D eigenvalue weighted by Crippen LogP contribution is 1.88. The highest BCUT2D eigenvalue weighted by Gasteiger charge is 1.53. The van der Waals surface area contributed by atoms with Gasteiger partial charge in [-0.25, -0.2) is 0 Å². The smallest absolute Gasteiger partial charge is 0.0159 e. The molecule has 0 aromatic rings. The van der Waals surface area contributed by atoms with E-state index >= 15 is 0 Å². The van der Waals surface area contributed by atoms with E-state index < -0.39 is 0 Å². The third-order valence-corrected chi connectivity index (χ3v) is 0.591. The van der Waals surface area contributed by atoms with E-state index in [0.29, 0.717) is 0 Å². The lowest BCUT2D eigenvalue weighted by Crippen LogP contribution is -1.36. The van der Waals surface area contributed by atoms with Gasteiger partial charge in [-0.2, -0.15) is 0 Å². The van der Waals surface area contributed by atoms with E-state index in [0.717, 1.165) is 12.0 Å². The van der Waals surface area contributed by atoms with Gasteiger partial charge in [-0.3, -0.25) is 0 Å². The van der Waals surface area contributed by atoms with Gasteiger partial charge in [-0.05, 0) is 12.3 Å². The average Bonchev–Trinajstić information content (AvgIpc) is 1.41. The fourth-order valence-corrected chi connectivity index (χ4v) is 0.183. The molecule has 30 valence electrons. The van der Waals surface area contributed by atoms with Crippen LogP contribution in [0.1, 0.15) is 6.92 Å². The summed E-state index contributed by atoms with van der Waals surface area (Å²) in [6.07, 6.45) is 1.77. The maximum absolute atomic E-state index is 7.90. The Kier molecular flexibility index (Phi) is 4.09. The van der Waals surface area contributed by atoms with Crippen LogP contribution >= 0.6 is 12.0 Å². The van der Waals surface area contributed by atoms with Crippen molar-refractivity contribution in [2.24, 2.45) is 0 Å². The molecular formula is C3H6OS. The summed E-state index contributed by atoms with van der Waals surface area (Å²) in [6.45, 7) is 1.85. The summed E-state index contributed by atoms with van der Waals surface area (Å²) in [5.41, 5.74) is 0. The summed E-state index contributed by atoms with van der Waals surface area (Å²) in [7, 11) is 0. The Hall–Kier alpha value is 0.0500. The van der Waals surface area contributed by atoms with Crippen LogP contribution in [0.4, 0.5) is 0 Å². The van der Waals surface area contributed by atoms with Crippen molar-refractivity contribution < 1.29 is 4.55 Å². The lowest BCUT2D eigenvalue weighted by Gasteiger charge is -1.64. The van der Waals surface area contributed by atoms with Crippen LogP contribution < -0.4 is 0 Å². The molecule has 0 bridgehead atoms. The van der Waals surface area contributed by atoms with E-state index in [1.807, 2.05) is 6.92 Å². The molecule has 0 heterocycles. The largest absolute Gasteiger partial charge is 0.326 e. The van der Waals surface area contributed by atoms with Gasteiger partial charge in [0.25, 0.3) is 0 Å². The Labute approximate surface area is 35.9 Å². The molecule has 0 saturated carbocycles. The van der Waals surface area contributed by atoms with Gasteiger partial charge in [0.1, 0.15) is 0 Å². The van der Waals surface area contributed by atoms with Crippen molar-refractivity contribution in [1.29, 1.82) is 0 Å². The minimum Gasteiger partial charge on any atom is -0.326 e. The zero-order valence-electron chi connectivity index (χ0n) is 3.01. The first kappa shape index (κ1) is 5.05. The fourth-order valence-electron chi connectivity index (χ4n) is 0.0609. The molecule has 0 aromatic carbocycles. The van der Waals surface area contributed by atoms with Crippen LogP contribution in [0.15, 0.2) is 11.5 Å². The van der Waals surface area contributed by atoms with E-state index in [1.165, 1.54) is 0 Å². The zero-order chi connectivity index (χ0) is 4.12. The summed E-state index contributed by atoms with van der Waals surface area (Å²) in [4.78, 5) is 0. The summed E-state index contributed by atoms with van der Waals surface area (Å²) in [5.74, 6) is 0. The molecule has 0 aromatic heterocycles. The van der Waals surface area contributed by atoms with Crippen LogP contribution in [-0.2, 0) is 0 Å². The molecule has 0 fully saturated rings. The van der Waals surface area contributed by atoms with Crippen molar-refractivity contribution in [3.63, 3.8) is 0 Å². The second-order valence-electron chi connectivity index (χ2n) is 0.575. The Morgan fingerprint density at radius 3 is 2.40 bits per heavy atom. The van der Waals surface area contributed by atoms with Crippen LogP contribution in [0.3, 0.4) is 0 Å². The van der Waals surface area contributed by atoms with E-state index in [1.54, 1.807) is 11.5 Å². The van der Waals surface area contributed by atoms with Gasteiger partial charge in [-0.15, -0.1) is 0 Å². The highest BCUT2D eigenvalue weighted by molar-refractivity contribution is 7.96. The number of allylic oxidation sites excluding steroid dienone is 1. The normalized spacial score (nSPS) is 10.0. The molecule has 2 heteroatoms. The Balaban J connectivity index is 2.62. The van der Waals surface area contributed by atoms with Gasteiger partial charge in [0.2, 0.25) is 0 Å². The van der Waals surface area contributed by atoms with Crippen molar-refractivity contribution in [1.82, 2.24) is 0 Å². The Morgan fingerprint density at radius 2 is 2.40 bits per heavy atom. The molecule has 1 N–H and O–H groups in total. The van der Waals surface area contributed by atoms with Crippen molar-refractivity contribution in [2.75, 3.05) is 0 Å². The Bertz CT molecular complexity index is 33.9. The quantitative estimate of drug-likeness (QED) is 0.495. The highest BCUT2D eigenvalue weighted by atomic mass is 32.2. The topological polar surface area (TPSA) is 20.2 Å². The van der Waals surface area contributed by atoms with Crippen LogP contribution in [-0.4, -0.2) is 4.55 Å². The van der Waals surface area contributed by atoms with E-state index in [-0.39, 0.29) is 0 Å². The maximum atomic E-state index is 7.90. The van der Waals surface area contributed by atoms with E-state index in [9.17, 15) is 0 Å². The summed E-state index contributed by atoms with van der Waals surface area (Å²) in [5, 5.41) is 1.60. The van der Waals surface area contributed by atoms with Crippen LogP contribution in [0.2, 0.25) is 0 Å². The summed E-state index contributed by atoms with van der Waals surface area (Å²) >= 11 is 0.721. The monoisotopic (exact) mass is 90.0 g/mol. The predicted molar refractivity (Wildman–Crippen MR) is 25.0 cm³/mol. The third-order valence-electron chi connectivity index (χ3n) is 0.197. The summed E-state index contributed by atoms with van der Waals surface area (Å²) in [6, 6.07) is 0. The lowest BCUT2D eigenvalue weighted by molar-refractivity contribution is 0.671. The SMILES string of the molecule is CC=CSO.